The molecule has 3 aromatic carbocycles. The zero-order valence-electron chi connectivity index (χ0n) is 25.9. The number of aliphatic carboxylic acids is 1. The van der Waals surface area contributed by atoms with Crippen molar-refractivity contribution in [1.82, 2.24) is 16.0 Å². The van der Waals surface area contributed by atoms with Gasteiger partial charge in [0.2, 0.25) is 11.8 Å². The number of hydrogen-bond donors (Lipinski definition) is 4. The van der Waals surface area contributed by atoms with Gasteiger partial charge in [-0.25, -0.2) is 13.6 Å². The van der Waals surface area contributed by atoms with Gasteiger partial charge in [0.15, 0.2) is 12.4 Å². The molecule has 10 nitrogen and oxygen atoms in total. The number of β-lactam (4-membered cyclic amide) rings is 1. The Morgan fingerprint density at radius 1 is 0.875 bits per heavy atom. The van der Waals surface area contributed by atoms with E-state index in [1.807, 2.05) is 0 Å². The van der Waals surface area contributed by atoms with Gasteiger partial charge in [-0.3, -0.25) is 19.2 Å². The van der Waals surface area contributed by atoms with E-state index in [4.69, 9.17) is 4.74 Å². The third-order valence-electron chi connectivity index (χ3n) is 8.63. The Bertz CT molecular complexity index is 1650. The molecule has 2 fully saturated rings. The van der Waals surface area contributed by atoms with Crippen molar-refractivity contribution in [3.8, 4) is 5.75 Å². The first-order valence-electron chi connectivity index (χ1n) is 15.6. The summed E-state index contributed by atoms with van der Waals surface area (Å²) < 4.78 is 32.8. The number of Topliss-reactive ketones (excluding diaryl/α,β-unsaturated/α-hetero) is 1. The lowest BCUT2D eigenvalue weighted by Crippen LogP contribution is -2.69. The standard InChI is InChI=1S/C35H35F2N3O7S/c36-25-12-6-21(7-13-25)28(41)20-48-32-33(44)40-35(32,23-8-14-26(37)15-9-23)24-10-16-27(17-11-24)47-19-30(43)38-18-29(42)39-31(34(45)46)22-4-2-1-3-5-22/h6-17,22,31-32H,1-5,18-20H2,(H,38,43)(H,39,42)(H,40,44)(H,45,46)/t31-,32+,35+/m1/s1. The van der Waals surface area contributed by atoms with Crippen LogP contribution in [0.15, 0.2) is 72.8 Å². The highest BCUT2D eigenvalue weighted by molar-refractivity contribution is 8.01. The second-order valence-electron chi connectivity index (χ2n) is 11.8. The van der Waals surface area contributed by atoms with Crippen molar-refractivity contribution in [2.75, 3.05) is 18.9 Å². The van der Waals surface area contributed by atoms with Crippen molar-refractivity contribution in [2.24, 2.45) is 5.92 Å². The number of nitrogens with one attached hydrogen (secondary N) is 3. The van der Waals surface area contributed by atoms with Crippen molar-refractivity contribution in [3.05, 3.63) is 101 Å². The summed E-state index contributed by atoms with van der Waals surface area (Å²) in [5.74, 6) is -3.69. The summed E-state index contributed by atoms with van der Waals surface area (Å²) >= 11 is 1.12. The number of carboxylic acids is 1. The van der Waals surface area contributed by atoms with Gasteiger partial charge in [0.05, 0.1) is 12.3 Å². The van der Waals surface area contributed by atoms with E-state index in [9.17, 15) is 37.9 Å². The zero-order valence-corrected chi connectivity index (χ0v) is 26.7. The molecule has 4 N–H and O–H groups in total. The maximum absolute atomic E-state index is 13.9. The number of halogens is 2. The molecule has 3 atom stereocenters. The lowest BCUT2D eigenvalue weighted by atomic mass is 9.74. The van der Waals surface area contributed by atoms with E-state index in [1.54, 1.807) is 36.4 Å². The molecule has 0 bridgehead atoms. The number of amides is 3. The van der Waals surface area contributed by atoms with Gasteiger partial charge in [0.25, 0.3) is 5.91 Å². The SMILES string of the molecule is O=C(COc1ccc([C@]2(c3ccc(F)cc3)NC(=O)[C@@H]2SCC(=O)c2ccc(F)cc2)cc1)NCC(=O)N[C@@H](C(=O)O)C1CCCCC1. The fraction of sp³-hybridized carbons (Fsp3) is 0.343. The molecule has 0 radical (unpaired) electrons. The van der Waals surface area contributed by atoms with E-state index in [0.717, 1.165) is 43.9 Å². The van der Waals surface area contributed by atoms with Crippen molar-refractivity contribution < 1.29 is 42.6 Å². The van der Waals surface area contributed by atoms with E-state index in [-0.39, 0.29) is 23.4 Å². The van der Waals surface area contributed by atoms with Crippen molar-refractivity contribution in [1.29, 1.82) is 0 Å². The molecule has 5 rings (SSSR count). The highest BCUT2D eigenvalue weighted by atomic mass is 32.2. The van der Waals surface area contributed by atoms with Gasteiger partial charge >= 0.3 is 5.97 Å². The molecule has 2 aliphatic rings. The van der Waals surface area contributed by atoms with Crippen LogP contribution in [-0.2, 0) is 24.7 Å². The van der Waals surface area contributed by atoms with Crippen LogP contribution in [-0.4, -0.2) is 64.8 Å². The highest BCUT2D eigenvalue weighted by Gasteiger charge is 2.56. The first-order chi connectivity index (χ1) is 23.1. The Morgan fingerprint density at radius 3 is 2.04 bits per heavy atom. The zero-order chi connectivity index (χ0) is 34.3. The molecule has 0 unspecified atom stereocenters. The van der Waals surface area contributed by atoms with Gasteiger partial charge in [-0.15, -0.1) is 11.8 Å². The van der Waals surface area contributed by atoms with E-state index in [2.05, 4.69) is 16.0 Å². The Kier molecular flexibility index (Phi) is 11.1. The first kappa shape index (κ1) is 34.6. The highest BCUT2D eigenvalue weighted by Crippen LogP contribution is 2.46. The molecule has 0 spiro atoms. The summed E-state index contributed by atoms with van der Waals surface area (Å²) in [7, 11) is 0. The van der Waals surface area contributed by atoms with Gasteiger partial charge in [0.1, 0.15) is 34.2 Å². The number of rotatable bonds is 14. The van der Waals surface area contributed by atoms with Crippen LogP contribution in [0.3, 0.4) is 0 Å². The number of ether oxygens (including phenoxy) is 1. The third kappa shape index (κ3) is 8.01. The summed E-state index contributed by atoms with van der Waals surface area (Å²) in [6, 6.07) is 16.4. The minimum Gasteiger partial charge on any atom is -0.484 e. The molecule has 0 aromatic heterocycles. The Balaban J connectivity index is 1.20. The molecule has 1 aliphatic heterocycles. The van der Waals surface area contributed by atoms with Crippen LogP contribution >= 0.6 is 11.8 Å². The second-order valence-corrected chi connectivity index (χ2v) is 12.9. The Hall–Kier alpha value is -4.78. The van der Waals surface area contributed by atoms with Gasteiger partial charge in [-0.2, -0.15) is 0 Å². The monoisotopic (exact) mass is 679 g/mol. The largest absolute Gasteiger partial charge is 0.484 e. The number of hydrogen-bond acceptors (Lipinski definition) is 7. The number of thioether (sulfide) groups is 1. The molecule has 48 heavy (non-hydrogen) atoms. The molecule has 3 amide bonds. The molecule has 1 saturated heterocycles. The Morgan fingerprint density at radius 2 is 1.46 bits per heavy atom. The van der Waals surface area contributed by atoms with Gasteiger partial charge in [-0.05, 0) is 78.4 Å². The molecule has 1 heterocycles. The molecule has 1 aliphatic carbocycles. The number of carbonyl (C=O) groups is 5. The quantitative estimate of drug-likeness (QED) is 0.148. The average Bonchev–Trinajstić information content (AvgIpc) is 3.08. The van der Waals surface area contributed by atoms with Crippen LogP contribution < -0.4 is 20.7 Å². The smallest absolute Gasteiger partial charge is 0.326 e. The number of carbonyl (C=O) groups excluding carboxylic acids is 4. The lowest BCUT2D eigenvalue weighted by Gasteiger charge is -2.49. The van der Waals surface area contributed by atoms with Crippen LogP contribution in [0, 0.1) is 17.6 Å². The second kappa shape index (κ2) is 15.4. The van der Waals surface area contributed by atoms with Crippen molar-refractivity contribution in [2.45, 2.75) is 48.9 Å². The third-order valence-corrected chi connectivity index (χ3v) is 9.96. The summed E-state index contributed by atoms with van der Waals surface area (Å²) in [6.45, 7) is -0.818. The van der Waals surface area contributed by atoms with Crippen LogP contribution in [0.4, 0.5) is 8.78 Å². The van der Waals surface area contributed by atoms with Crippen LogP contribution in [0.2, 0.25) is 0 Å². The number of ketones is 1. The van der Waals surface area contributed by atoms with Gasteiger partial charge in [-0.1, -0.05) is 43.5 Å². The fourth-order valence-corrected chi connectivity index (χ4v) is 7.39. The maximum atomic E-state index is 13.9. The van der Waals surface area contributed by atoms with Crippen LogP contribution in [0.5, 0.6) is 5.75 Å². The molecule has 13 heteroatoms. The molecular formula is C35H35F2N3O7S. The summed E-state index contributed by atoms with van der Waals surface area (Å²) in [4.78, 5) is 62.2. The van der Waals surface area contributed by atoms with E-state index in [1.165, 1.54) is 36.4 Å². The topological polar surface area (TPSA) is 151 Å². The Labute approximate surface area is 280 Å². The van der Waals surface area contributed by atoms with Crippen LogP contribution in [0.1, 0.15) is 53.6 Å². The van der Waals surface area contributed by atoms with Gasteiger partial charge < -0.3 is 25.8 Å². The van der Waals surface area contributed by atoms with E-state index in [0.29, 0.717) is 22.4 Å². The average molecular weight is 680 g/mol. The normalized spacial score (nSPS) is 19.7. The number of carboxylic acid groups (broad SMARTS) is 1. The fourth-order valence-electron chi connectivity index (χ4n) is 6.12. The molecule has 3 aromatic rings. The molecule has 1 saturated carbocycles. The minimum atomic E-state index is -1.10. The predicted molar refractivity (Wildman–Crippen MR) is 173 cm³/mol. The summed E-state index contributed by atoms with van der Waals surface area (Å²) in [6.07, 6.45) is 4.33. The summed E-state index contributed by atoms with van der Waals surface area (Å²) in [5.41, 5.74) is 0.425. The molecule has 252 valence electrons. The van der Waals surface area contributed by atoms with Gasteiger partial charge in [0, 0.05) is 5.56 Å². The van der Waals surface area contributed by atoms with Crippen LogP contribution in [0.25, 0.3) is 0 Å². The van der Waals surface area contributed by atoms with Crippen molar-refractivity contribution >= 4 is 41.2 Å². The molecular weight excluding hydrogens is 644 g/mol. The van der Waals surface area contributed by atoms with E-state index < -0.39 is 59.4 Å². The summed E-state index contributed by atoms with van der Waals surface area (Å²) in [5, 5.41) is 16.7. The predicted octanol–water partition coefficient (Wildman–Crippen LogP) is 3.97. The minimum absolute atomic E-state index is 0.0570. The lowest BCUT2D eigenvalue weighted by molar-refractivity contribution is -0.143. The maximum Gasteiger partial charge on any atom is 0.326 e. The van der Waals surface area contributed by atoms with E-state index >= 15 is 0 Å². The van der Waals surface area contributed by atoms with Crippen molar-refractivity contribution in [3.63, 3.8) is 0 Å². The first-order valence-corrected chi connectivity index (χ1v) is 16.6. The number of benzene rings is 3.